The third-order valence-corrected chi connectivity index (χ3v) is 4.74. The second kappa shape index (κ2) is 6.93. The number of anilines is 1. The maximum atomic E-state index is 12.0. The van der Waals surface area contributed by atoms with Crippen LogP contribution < -0.4 is 10.1 Å². The summed E-state index contributed by atoms with van der Waals surface area (Å²) in [4.78, 5) is 17.5. The van der Waals surface area contributed by atoms with Crippen LogP contribution in [0.25, 0.3) is 10.6 Å². The van der Waals surface area contributed by atoms with Crippen LogP contribution in [0.15, 0.2) is 41.1 Å². The Bertz CT molecular complexity index is 790. The summed E-state index contributed by atoms with van der Waals surface area (Å²) in [6.45, 7) is 3.97. The second-order valence-corrected chi connectivity index (χ2v) is 6.98. The van der Waals surface area contributed by atoms with Gasteiger partial charge < -0.3 is 4.74 Å². The third kappa shape index (κ3) is 4.18. The number of aromatic nitrogens is 1. The molecule has 0 bridgehead atoms. The average Bonchev–Trinajstić information content (AvgIpc) is 3.14. The quantitative estimate of drug-likeness (QED) is 0.741. The molecule has 0 radical (unpaired) electrons. The van der Waals surface area contributed by atoms with Gasteiger partial charge in [-0.15, -0.1) is 22.7 Å². The Labute approximate surface area is 142 Å². The fourth-order valence-electron chi connectivity index (χ4n) is 2.19. The summed E-state index contributed by atoms with van der Waals surface area (Å²) in [6, 6.07) is 9.88. The van der Waals surface area contributed by atoms with Crippen LogP contribution in [0.1, 0.15) is 11.1 Å². The van der Waals surface area contributed by atoms with Crippen molar-refractivity contribution in [3.63, 3.8) is 0 Å². The normalized spacial score (nSPS) is 10.5. The van der Waals surface area contributed by atoms with Gasteiger partial charge in [-0.1, -0.05) is 12.1 Å². The van der Waals surface area contributed by atoms with Crippen molar-refractivity contribution >= 4 is 33.7 Å². The molecule has 1 amide bonds. The Morgan fingerprint density at radius 2 is 2.00 bits per heavy atom. The number of aryl methyl sites for hydroxylation is 2. The molecule has 3 aromatic rings. The first kappa shape index (κ1) is 15.7. The lowest BCUT2D eigenvalue weighted by Gasteiger charge is -2.07. The predicted molar refractivity (Wildman–Crippen MR) is 95.5 cm³/mol. The largest absolute Gasteiger partial charge is 0.484 e. The van der Waals surface area contributed by atoms with Crippen molar-refractivity contribution in [2.24, 2.45) is 0 Å². The van der Waals surface area contributed by atoms with E-state index in [0.29, 0.717) is 10.9 Å². The van der Waals surface area contributed by atoms with Gasteiger partial charge in [-0.3, -0.25) is 10.1 Å². The molecule has 0 aliphatic heterocycles. The van der Waals surface area contributed by atoms with Crippen molar-refractivity contribution in [2.45, 2.75) is 13.8 Å². The van der Waals surface area contributed by atoms with E-state index >= 15 is 0 Å². The van der Waals surface area contributed by atoms with Crippen LogP contribution in [0.2, 0.25) is 0 Å². The molecular formula is C17H16N2O2S2. The van der Waals surface area contributed by atoms with Crippen molar-refractivity contribution < 1.29 is 9.53 Å². The van der Waals surface area contributed by atoms with E-state index in [2.05, 4.69) is 16.4 Å². The highest BCUT2D eigenvalue weighted by atomic mass is 32.1. The number of ether oxygens (including phenoxy) is 1. The molecule has 1 N–H and O–H groups in total. The molecule has 6 heteroatoms. The van der Waals surface area contributed by atoms with Crippen molar-refractivity contribution in [2.75, 3.05) is 11.9 Å². The number of carbonyl (C=O) groups excluding carboxylic acids is 1. The molecule has 3 rings (SSSR count). The lowest BCUT2D eigenvalue weighted by atomic mass is 10.1. The summed E-state index contributed by atoms with van der Waals surface area (Å²) in [7, 11) is 0. The molecule has 0 saturated carbocycles. The van der Waals surface area contributed by atoms with Gasteiger partial charge in [0.25, 0.3) is 5.91 Å². The zero-order valence-electron chi connectivity index (χ0n) is 12.8. The maximum absolute atomic E-state index is 12.0. The Morgan fingerprint density at radius 1 is 1.22 bits per heavy atom. The van der Waals surface area contributed by atoms with Gasteiger partial charge in [-0.05, 0) is 48.6 Å². The number of hydrogen-bond donors (Lipinski definition) is 1. The van der Waals surface area contributed by atoms with E-state index in [1.165, 1.54) is 11.3 Å². The number of nitrogens with one attached hydrogen (secondary N) is 1. The Balaban J connectivity index is 1.57. The minimum absolute atomic E-state index is 0.0309. The Morgan fingerprint density at radius 3 is 2.70 bits per heavy atom. The fraction of sp³-hybridized carbons (Fsp3) is 0.176. The lowest BCUT2D eigenvalue weighted by Crippen LogP contribution is -2.20. The molecule has 0 fully saturated rings. The van der Waals surface area contributed by atoms with Gasteiger partial charge in [-0.25, -0.2) is 4.98 Å². The van der Waals surface area contributed by atoms with Crippen molar-refractivity contribution in [1.82, 2.24) is 4.98 Å². The number of carbonyl (C=O) groups is 1. The van der Waals surface area contributed by atoms with E-state index in [-0.39, 0.29) is 12.5 Å². The van der Waals surface area contributed by atoms with Gasteiger partial charge >= 0.3 is 0 Å². The average molecular weight is 344 g/mol. The molecule has 2 aromatic heterocycles. The van der Waals surface area contributed by atoms with Gasteiger partial charge in [0.1, 0.15) is 5.75 Å². The minimum Gasteiger partial charge on any atom is -0.484 e. The number of nitrogens with zero attached hydrogens (tertiary/aromatic N) is 1. The number of thiazole rings is 1. The fourth-order valence-corrected chi connectivity index (χ4v) is 3.68. The molecule has 0 saturated heterocycles. The topological polar surface area (TPSA) is 51.2 Å². The molecule has 0 spiro atoms. The smallest absolute Gasteiger partial charge is 0.264 e. The monoisotopic (exact) mass is 344 g/mol. The lowest BCUT2D eigenvalue weighted by molar-refractivity contribution is -0.118. The molecular weight excluding hydrogens is 328 g/mol. The molecule has 4 nitrogen and oxygen atoms in total. The first-order valence-corrected chi connectivity index (χ1v) is 8.86. The number of thiophene rings is 1. The van der Waals surface area contributed by atoms with Crippen molar-refractivity contribution in [3.8, 4) is 16.3 Å². The van der Waals surface area contributed by atoms with Crippen LogP contribution in [-0.4, -0.2) is 17.5 Å². The summed E-state index contributed by atoms with van der Waals surface area (Å²) < 4.78 is 5.55. The van der Waals surface area contributed by atoms with E-state index in [1.807, 2.05) is 48.9 Å². The highest BCUT2D eigenvalue weighted by Crippen LogP contribution is 2.28. The molecule has 0 aliphatic rings. The minimum atomic E-state index is -0.212. The molecule has 0 atom stereocenters. The molecule has 1 aromatic carbocycles. The summed E-state index contributed by atoms with van der Waals surface area (Å²) in [5.74, 6) is 0.493. The third-order valence-electron chi connectivity index (χ3n) is 3.09. The highest BCUT2D eigenvalue weighted by molar-refractivity contribution is 7.16. The van der Waals surface area contributed by atoms with Gasteiger partial charge in [0.15, 0.2) is 11.7 Å². The summed E-state index contributed by atoms with van der Waals surface area (Å²) in [6.07, 6.45) is 0. The number of benzene rings is 1. The van der Waals surface area contributed by atoms with Gasteiger partial charge in [0.05, 0.1) is 10.6 Å². The van der Waals surface area contributed by atoms with Crippen molar-refractivity contribution in [3.05, 3.63) is 52.2 Å². The van der Waals surface area contributed by atoms with Gasteiger partial charge in [0.2, 0.25) is 0 Å². The molecule has 23 heavy (non-hydrogen) atoms. The van der Waals surface area contributed by atoms with Crippen LogP contribution in [-0.2, 0) is 4.79 Å². The number of rotatable bonds is 5. The van der Waals surface area contributed by atoms with Gasteiger partial charge in [0, 0.05) is 5.38 Å². The molecule has 118 valence electrons. The predicted octanol–water partition coefficient (Wildman–Crippen LogP) is 4.51. The Hall–Kier alpha value is -2.18. The Kier molecular flexibility index (Phi) is 4.73. The molecule has 0 aliphatic carbocycles. The zero-order valence-corrected chi connectivity index (χ0v) is 14.5. The van der Waals surface area contributed by atoms with Crippen LogP contribution in [0, 0.1) is 13.8 Å². The van der Waals surface area contributed by atoms with Crippen LogP contribution in [0.5, 0.6) is 5.75 Å². The summed E-state index contributed by atoms with van der Waals surface area (Å²) in [5, 5.41) is 7.30. The van der Waals surface area contributed by atoms with E-state index in [1.54, 1.807) is 11.3 Å². The SMILES string of the molecule is Cc1cc(C)cc(OCC(=O)Nc2nc(-c3cccs3)cs2)c1. The van der Waals surface area contributed by atoms with Crippen LogP contribution in [0.4, 0.5) is 5.13 Å². The van der Waals surface area contributed by atoms with E-state index in [4.69, 9.17) is 4.74 Å². The zero-order chi connectivity index (χ0) is 16.2. The van der Waals surface area contributed by atoms with Crippen LogP contribution >= 0.6 is 22.7 Å². The first-order chi connectivity index (χ1) is 11.1. The second-order valence-electron chi connectivity index (χ2n) is 5.18. The summed E-state index contributed by atoms with van der Waals surface area (Å²) >= 11 is 3.04. The standard InChI is InChI=1S/C17H16N2O2S2/c1-11-6-12(2)8-13(7-11)21-9-16(20)19-17-18-14(10-23-17)15-4-3-5-22-15/h3-8,10H,9H2,1-2H3,(H,18,19,20). The van der Waals surface area contributed by atoms with Crippen molar-refractivity contribution in [1.29, 1.82) is 0 Å². The first-order valence-electron chi connectivity index (χ1n) is 7.10. The van der Waals surface area contributed by atoms with E-state index in [0.717, 1.165) is 21.7 Å². The van der Waals surface area contributed by atoms with Gasteiger partial charge in [-0.2, -0.15) is 0 Å². The number of amides is 1. The maximum Gasteiger partial charge on any atom is 0.264 e. The van der Waals surface area contributed by atoms with E-state index in [9.17, 15) is 4.79 Å². The van der Waals surface area contributed by atoms with E-state index < -0.39 is 0 Å². The van der Waals surface area contributed by atoms with Crippen LogP contribution in [0.3, 0.4) is 0 Å². The molecule has 2 heterocycles. The highest BCUT2D eigenvalue weighted by Gasteiger charge is 2.09. The molecule has 0 unspecified atom stereocenters. The summed E-state index contributed by atoms with van der Waals surface area (Å²) in [5.41, 5.74) is 3.11. The number of hydrogen-bond acceptors (Lipinski definition) is 5.